The van der Waals surface area contributed by atoms with Crippen molar-refractivity contribution in [3.63, 3.8) is 0 Å². The van der Waals surface area contributed by atoms with E-state index in [2.05, 4.69) is 4.90 Å². The van der Waals surface area contributed by atoms with E-state index in [0.29, 0.717) is 6.04 Å². The Kier molecular flexibility index (Phi) is 2.83. The zero-order chi connectivity index (χ0) is 11.1. The minimum absolute atomic E-state index is 0.0550. The van der Waals surface area contributed by atoms with Gasteiger partial charge in [0.15, 0.2) is 5.11 Å². The van der Waals surface area contributed by atoms with Crippen LogP contribution in [0.4, 0.5) is 0 Å². The Morgan fingerprint density at radius 2 is 2.00 bits per heavy atom. The molecule has 2 aliphatic heterocycles. The molecule has 88 valence electrons. The number of thiocarbonyl (C=S) groups is 1. The van der Waals surface area contributed by atoms with Crippen LogP contribution in [0.5, 0.6) is 0 Å². The van der Waals surface area contributed by atoms with Crippen LogP contribution in [0.15, 0.2) is 0 Å². The highest BCUT2D eigenvalue weighted by Crippen LogP contribution is 2.34. The zero-order valence-corrected chi connectivity index (χ0v) is 10.9. The first-order chi connectivity index (χ1) is 7.79. The van der Waals surface area contributed by atoms with E-state index in [1.807, 2.05) is 16.7 Å². The summed E-state index contributed by atoms with van der Waals surface area (Å²) in [4.78, 5) is 16.3. The Hall–Kier alpha value is -0.290. The van der Waals surface area contributed by atoms with E-state index in [1.165, 1.54) is 19.3 Å². The Morgan fingerprint density at radius 3 is 2.69 bits per heavy atom. The second-order valence-corrected chi connectivity index (χ2v) is 6.13. The molecule has 1 aliphatic carbocycles. The smallest absolute Gasteiger partial charge is 0.252 e. The maximum Gasteiger partial charge on any atom is 0.252 e. The van der Waals surface area contributed by atoms with Crippen LogP contribution >= 0.6 is 24.0 Å². The van der Waals surface area contributed by atoms with Crippen molar-refractivity contribution in [3.05, 3.63) is 0 Å². The highest BCUT2D eigenvalue weighted by molar-refractivity contribution is 7.99. The van der Waals surface area contributed by atoms with Crippen molar-refractivity contribution in [2.75, 3.05) is 11.6 Å². The van der Waals surface area contributed by atoms with Gasteiger partial charge in [-0.15, -0.1) is 11.8 Å². The number of rotatable bonds is 1. The molecule has 2 heterocycles. The first-order valence-electron chi connectivity index (χ1n) is 6.00. The van der Waals surface area contributed by atoms with Crippen LogP contribution in [-0.2, 0) is 4.79 Å². The highest BCUT2D eigenvalue weighted by Gasteiger charge is 2.47. The van der Waals surface area contributed by atoms with E-state index in [4.69, 9.17) is 12.2 Å². The first-order valence-corrected chi connectivity index (χ1v) is 7.57. The lowest BCUT2D eigenvalue weighted by Crippen LogP contribution is -2.42. The predicted molar refractivity (Wildman–Crippen MR) is 69.3 cm³/mol. The summed E-state index contributed by atoms with van der Waals surface area (Å²) < 4.78 is 0. The molecule has 3 rings (SSSR count). The molecule has 5 heteroatoms. The van der Waals surface area contributed by atoms with E-state index in [-0.39, 0.29) is 11.9 Å². The van der Waals surface area contributed by atoms with Crippen molar-refractivity contribution in [1.29, 1.82) is 0 Å². The van der Waals surface area contributed by atoms with Crippen molar-refractivity contribution >= 4 is 35.0 Å². The molecule has 0 aromatic carbocycles. The van der Waals surface area contributed by atoms with Crippen LogP contribution in [0.1, 0.15) is 32.1 Å². The summed E-state index contributed by atoms with van der Waals surface area (Å²) >= 11 is 7.27. The Morgan fingerprint density at radius 1 is 1.25 bits per heavy atom. The monoisotopic (exact) mass is 256 g/mol. The summed E-state index contributed by atoms with van der Waals surface area (Å²) in [6.45, 7) is 0. The van der Waals surface area contributed by atoms with E-state index in [0.717, 1.165) is 29.6 Å². The van der Waals surface area contributed by atoms with Crippen LogP contribution < -0.4 is 0 Å². The van der Waals surface area contributed by atoms with Gasteiger partial charge in [-0.2, -0.15) is 0 Å². The molecular weight excluding hydrogens is 240 g/mol. The lowest BCUT2D eigenvalue weighted by Gasteiger charge is -2.31. The van der Waals surface area contributed by atoms with Crippen LogP contribution in [0.2, 0.25) is 0 Å². The molecule has 1 saturated carbocycles. The maximum absolute atomic E-state index is 12.3. The topological polar surface area (TPSA) is 23.6 Å². The van der Waals surface area contributed by atoms with Crippen molar-refractivity contribution in [1.82, 2.24) is 9.80 Å². The van der Waals surface area contributed by atoms with Gasteiger partial charge in [-0.25, -0.2) is 0 Å². The molecule has 1 atom stereocenters. The van der Waals surface area contributed by atoms with Gasteiger partial charge in [0.1, 0.15) is 6.04 Å². The highest BCUT2D eigenvalue weighted by atomic mass is 32.2. The van der Waals surface area contributed by atoms with Gasteiger partial charge < -0.3 is 4.90 Å². The Balaban J connectivity index is 1.80. The third kappa shape index (κ3) is 1.56. The minimum Gasteiger partial charge on any atom is -0.327 e. The van der Waals surface area contributed by atoms with Gasteiger partial charge in [-0.05, 0) is 25.1 Å². The first kappa shape index (κ1) is 10.8. The number of hydrogen-bond donors (Lipinski definition) is 0. The lowest BCUT2D eigenvalue weighted by atomic mass is 9.94. The van der Waals surface area contributed by atoms with Crippen molar-refractivity contribution in [2.45, 2.75) is 44.2 Å². The molecular formula is C11H16N2OS2. The van der Waals surface area contributed by atoms with E-state index in [1.54, 1.807) is 0 Å². The van der Waals surface area contributed by atoms with Gasteiger partial charge in [0.05, 0.1) is 5.88 Å². The van der Waals surface area contributed by atoms with Gasteiger partial charge in [-0.1, -0.05) is 19.3 Å². The molecule has 0 radical (unpaired) electrons. The molecule has 0 unspecified atom stereocenters. The molecule has 3 aliphatic rings. The van der Waals surface area contributed by atoms with Crippen molar-refractivity contribution in [2.24, 2.45) is 0 Å². The second-order valence-electron chi connectivity index (χ2n) is 4.77. The fraction of sp³-hybridized carbons (Fsp3) is 0.818. The Bertz CT molecular complexity index is 306. The molecule has 2 saturated heterocycles. The average molecular weight is 256 g/mol. The SMILES string of the molecule is O=C1[C@@H]2CSCN2C(=S)N1C1CCCCC1. The predicted octanol–water partition coefficient (Wildman–Crippen LogP) is 1.82. The fourth-order valence-electron chi connectivity index (χ4n) is 2.90. The number of fused-ring (bicyclic) bond motifs is 1. The van der Waals surface area contributed by atoms with Crippen LogP contribution in [0.25, 0.3) is 0 Å². The number of nitrogens with zero attached hydrogens (tertiary/aromatic N) is 2. The van der Waals surface area contributed by atoms with Gasteiger partial charge in [0.2, 0.25) is 0 Å². The summed E-state index contributed by atoms with van der Waals surface area (Å²) in [5, 5.41) is 0.798. The van der Waals surface area contributed by atoms with Gasteiger partial charge >= 0.3 is 0 Å². The van der Waals surface area contributed by atoms with Gasteiger partial charge in [0, 0.05) is 11.8 Å². The average Bonchev–Trinajstić information content (AvgIpc) is 2.86. The van der Waals surface area contributed by atoms with Crippen LogP contribution in [0.3, 0.4) is 0 Å². The molecule has 0 bridgehead atoms. The number of hydrogen-bond acceptors (Lipinski definition) is 3. The molecule has 0 aromatic heterocycles. The van der Waals surface area contributed by atoms with E-state index >= 15 is 0 Å². The minimum atomic E-state index is 0.0550. The summed E-state index contributed by atoms with van der Waals surface area (Å²) in [7, 11) is 0. The quantitative estimate of drug-likeness (QED) is 0.668. The third-order valence-corrected chi connectivity index (χ3v) is 5.24. The second kappa shape index (κ2) is 4.18. The molecule has 0 aromatic rings. The summed E-state index contributed by atoms with van der Waals surface area (Å²) in [6.07, 6.45) is 6.08. The van der Waals surface area contributed by atoms with Gasteiger partial charge in [-0.3, -0.25) is 9.69 Å². The lowest BCUT2D eigenvalue weighted by molar-refractivity contribution is -0.129. The molecule has 1 amide bonds. The number of amides is 1. The van der Waals surface area contributed by atoms with Crippen molar-refractivity contribution < 1.29 is 4.79 Å². The van der Waals surface area contributed by atoms with Crippen LogP contribution in [-0.4, -0.2) is 44.5 Å². The third-order valence-electron chi connectivity index (χ3n) is 3.80. The fourth-order valence-corrected chi connectivity index (χ4v) is 4.57. The number of thioether (sulfide) groups is 1. The standard InChI is InChI=1S/C11H16N2OS2/c14-10-9-6-16-7-12(9)11(15)13(10)8-4-2-1-3-5-8/h8-9H,1-7H2/t9-/m0/s1. The molecule has 3 nitrogen and oxygen atoms in total. The summed E-state index contributed by atoms with van der Waals surface area (Å²) in [5.41, 5.74) is 0. The van der Waals surface area contributed by atoms with E-state index in [9.17, 15) is 4.79 Å². The maximum atomic E-state index is 12.3. The molecule has 0 spiro atoms. The molecule has 0 N–H and O–H groups in total. The van der Waals surface area contributed by atoms with Gasteiger partial charge in [0.25, 0.3) is 5.91 Å². The van der Waals surface area contributed by atoms with Crippen LogP contribution in [0, 0.1) is 0 Å². The largest absolute Gasteiger partial charge is 0.327 e. The summed E-state index contributed by atoms with van der Waals surface area (Å²) in [6, 6.07) is 0.448. The zero-order valence-electron chi connectivity index (χ0n) is 9.22. The number of carbonyl (C=O) groups excluding carboxylic acids is 1. The molecule has 16 heavy (non-hydrogen) atoms. The Labute approximate surface area is 106 Å². The molecule has 3 fully saturated rings. The normalized spacial score (nSPS) is 31.4. The van der Waals surface area contributed by atoms with Crippen molar-refractivity contribution in [3.8, 4) is 0 Å². The summed E-state index contributed by atoms with van der Waals surface area (Å²) in [5.74, 6) is 2.09. The van der Waals surface area contributed by atoms with E-state index < -0.39 is 0 Å². The number of carbonyl (C=O) groups is 1.